The van der Waals surface area contributed by atoms with E-state index in [0.717, 1.165) is 23.1 Å². The molecule has 0 radical (unpaired) electrons. The Morgan fingerprint density at radius 2 is 1.96 bits per heavy atom. The lowest BCUT2D eigenvalue weighted by Crippen LogP contribution is -2.41. The smallest absolute Gasteiger partial charge is 0.300 e. The Bertz CT molecular complexity index is 959. The molecule has 1 aliphatic rings. The largest absolute Gasteiger partial charge is 0.335 e. The van der Waals surface area contributed by atoms with Crippen LogP contribution in [0.5, 0.6) is 0 Å². The number of aromatic nitrogens is 2. The molecule has 1 aromatic heterocycles. The minimum absolute atomic E-state index is 0.0511. The Kier molecular flexibility index (Phi) is 3.72. The van der Waals surface area contributed by atoms with Gasteiger partial charge in [0, 0.05) is 23.9 Å². The molecular weight excluding hydrogens is 323 g/mol. The van der Waals surface area contributed by atoms with Gasteiger partial charge in [-0.1, -0.05) is 11.6 Å². The third-order valence-corrected chi connectivity index (χ3v) is 4.50. The van der Waals surface area contributed by atoms with Gasteiger partial charge in [0.25, 0.3) is 5.56 Å². The number of ketones is 1. The van der Waals surface area contributed by atoms with E-state index in [0.29, 0.717) is 24.1 Å². The van der Waals surface area contributed by atoms with Crippen molar-refractivity contribution < 1.29 is 9.18 Å². The fourth-order valence-corrected chi connectivity index (χ4v) is 3.29. The molecule has 0 N–H and O–H groups in total. The molecule has 5 nitrogen and oxygen atoms in total. The zero-order valence-corrected chi connectivity index (χ0v) is 13.4. The molecule has 0 unspecified atom stereocenters. The van der Waals surface area contributed by atoms with E-state index in [4.69, 9.17) is 11.6 Å². The number of benzene rings is 1. The molecule has 1 aromatic carbocycles. The van der Waals surface area contributed by atoms with Crippen LogP contribution in [-0.4, -0.2) is 14.9 Å². The first-order valence-electron chi connectivity index (χ1n) is 7.17. The zero-order chi connectivity index (χ0) is 16.9. The molecule has 0 spiro atoms. The molecule has 0 amide bonds. The normalized spacial score (nSPS) is 13.2. The highest BCUT2D eigenvalue weighted by Gasteiger charge is 2.24. The van der Waals surface area contributed by atoms with E-state index in [-0.39, 0.29) is 22.1 Å². The molecule has 0 saturated heterocycles. The van der Waals surface area contributed by atoms with Crippen LogP contribution in [0.2, 0.25) is 5.02 Å². The van der Waals surface area contributed by atoms with E-state index in [1.54, 1.807) is 7.05 Å². The van der Waals surface area contributed by atoms with Crippen molar-refractivity contribution in [2.75, 3.05) is 0 Å². The predicted molar refractivity (Wildman–Crippen MR) is 84.3 cm³/mol. The lowest BCUT2D eigenvalue weighted by Gasteiger charge is -2.13. The van der Waals surface area contributed by atoms with Gasteiger partial charge in [-0.05, 0) is 38.3 Å². The van der Waals surface area contributed by atoms with Crippen molar-refractivity contribution in [3.05, 3.63) is 60.6 Å². The number of rotatable bonds is 2. The quantitative estimate of drug-likeness (QED) is 0.788. The van der Waals surface area contributed by atoms with Crippen LogP contribution in [0.15, 0.2) is 21.7 Å². The number of fused-ring (bicyclic) bond motifs is 1. The summed E-state index contributed by atoms with van der Waals surface area (Å²) >= 11 is 5.86. The van der Waals surface area contributed by atoms with Gasteiger partial charge in [0.05, 0.1) is 10.7 Å². The van der Waals surface area contributed by atoms with Gasteiger partial charge in [-0.3, -0.25) is 9.59 Å². The molecule has 7 heteroatoms. The van der Waals surface area contributed by atoms with Crippen LogP contribution in [0.4, 0.5) is 4.39 Å². The molecule has 0 saturated carbocycles. The molecular formula is C16H14ClFN2O3. The minimum atomic E-state index is -0.822. The van der Waals surface area contributed by atoms with Gasteiger partial charge in [-0.2, -0.15) is 0 Å². The van der Waals surface area contributed by atoms with Crippen LogP contribution < -0.4 is 11.2 Å². The maximum absolute atomic E-state index is 14.3. The summed E-state index contributed by atoms with van der Waals surface area (Å²) in [4.78, 5) is 36.7. The highest BCUT2D eigenvalue weighted by Crippen LogP contribution is 2.23. The minimum Gasteiger partial charge on any atom is -0.300 e. The van der Waals surface area contributed by atoms with E-state index in [1.165, 1.54) is 11.5 Å². The number of hydrogen-bond donors (Lipinski definition) is 0. The van der Waals surface area contributed by atoms with Crippen LogP contribution >= 0.6 is 11.6 Å². The molecule has 0 bridgehead atoms. The fraction of sp³-hybridized carbons (Fsp3) is 0.312. The predicted octanol–water partition coefficient (Wildman–Crippen LogP) is 2.02. The van der Waals surface area contributed by atoms with Crippen LogP contribution in [0.25, 0.3) is 5.69 Å². The van der Waals surface area contributed by atoms with Crippen LogP contribution in [-0.2, 0) is 19.9 Å². The SMILES string of the molecule is CC(=O)c1cc(-n2c(=O)c3c(n(C)c2=O)CCC3)c(F)cc1Cl. The zero-order valence-electron chi connectivity index (χ0n) is 12.7. The highest BCUT2D eigenvalue weighted by molar-refractivity contribution is 6.33. The van der Waals surface area contributed by atoms with Gasteiger partial charge in [-0.15, -0.1) is 0 Å². The summed E-state index contributed by atoms with van der Waals surface area (Å²) in [6.07, 6.45) is 1.99. The molecule has 0 aliphatic heterocycles. The average molecular weight is 337 g/mol. The summed E-state index contributed by atoms with van der Waals surface area (Å²) < 4.78 is 16.5. The molecule has 120 valence electrons. The first-order valence-corrected chi connectivity index (χ1v) is 7.55. The topological polar surface area (TPSA) is 61.1 Å². The van der Waals surface area contributed by atoms with Gasteiger partial charge in [-0.25, -0.2) is 13.8 Å². The van der Waals surface area contributed by atoms with E-state index in [1.807, 2.05) is 0 Å². The van der Waals surface area contributed by atoms with Gasteiger partial charge < -0.3 is 4.57 Å². The van der Waals surface area contributed by atoms with Crippen molar-refractivity contribution in [2.45, 2.75) is 26.2 Å². The molecule has 1 aliphatic carbocycles. The molecule has 0 atom stereocenters. The molecule has 23 heavy (non-hydrogen) atoms. The number of Topliss-reactive ketones (excluding diaryl/α,β-unsaturated/α-hetero) is 1. The lowest BCUT2D eigenvalue weighted by atomic mass is 10.1. The van der Waals surface area contributed by atoms with Crippen molar-refractivity contribution in [3.63, 3.8) is 0 Å². The van der Waals surface area contributed by atoms with Gasteiger partial charge in [0.1, 0.15) is 5.82 Å². The second kappa shape index (κ2) is 5.45. The number of halogens is 2. The second-order valence-electron chi connectivity index (χ2n) is 5.60. The van der Waals surface area contributed by atoms with Crippen LogP contribution in [0.3, 0.4) is 0 Å². The highest BCUT2D eigenvalue weighted by atomic mass is 35.5. The summed E-state index contributed by atoms with van der Waals surface area (Å²) in [6.45, 7) is 1.28. The van der Waals surface area contributed by atoms with Crippen molar-refractivity contribution in [3.8, 4) is 5.69 Å². The third kappa shape index (κ3) is 2.34. The van der Waals surface area contributed by atoms with Crippen LogP contribution in [0, 0.1) is 5.82 Å². The van der Waals surface area contributed by atoms with Gasteiger partial charge >= 0.3 is 5.69 Å². The maximum Gasteiger partial charge on any atom is 0.335 e. The van der Waals surface area contributed by atoms with Gasteiger partial charge in [0.2, 0.25) is 0 Å². The summed E-state index contributed by atoms with van der Waals surface area (Å²) in [5.41, 5.74) is -0.136. The summed E-state index contributed by atoms with van der Waals surface area (Å²) in [5.74, 6) is -1.19. The Morgan fingerprint density at radius 1 is 1.26 bits per heavy atom. The van der Waals surface area contributed by atoms with Crippen LogP contribution in [0.1, 0.15) is 35.0 Å². The molecule has 1 heterocycles. The number of hydrogen-bond acceptors (Lipinski definition) is 3. The first-order chi connectivity index (χ1) is 10.8. The summed E-state index contributed by atoms with van der Waals surface area (Å²) in [7, 11) is 1.56. The standard InChI is InChI=1S/C16H14ClFN2O3/c1-8(21)10-6-14(12(18)7-11(10)17)20-15(22)9-4-3-5-13(9)19(2)16(20)23/h6-7H,3-5H2,1-2H3. The average Bonchev–Trinajstić information content (AvgIpc) is 2.96. The Labute approximate surface area is 135 Å². The van der Waals surface area contributed by atoms with Gasteiger partial charge in [0.15, 0.2) is 5.78 Å². The molecule has 3 rings (SSSR count). The second-order valence-corrected chi connectivity index (χ2v) is 6.01. The fourth-order valence-electron chi connectivity index (χ4n) is 3.01. The Hall–Kier alpha value is -2.21. The molecule has 2 aromatic rings. The van der Waals surface area contributed by atoms with E-state index >= 15 is 0 Å². The monoisotopic (exact) mass is 336 g/mol. The summed E-state index contributed by atoms with van der Waals surface area (Å²) in [6, 6.07) is 2.11. The van der Waals surface area contributed by atoms with E-state index < -0.39 is 17.1 Å². The lowest BCUT2D eigenvalue weighted by molar-refractivity contribution is 0.101. The maximum atomic E-state index is 14.3. The Morgan fingerprint density at radius 3 is 2.61 bits per heavy atom. The third-order valence-electron chi connectivity index (χ3n) is 4.19. The van der Waals surface area contributed by atoms with Crippen molar-refractivity contribution in [2.24, 2.45) is 7.05 Å². The Balaban J connectivity index is 2.39. The van der Waals surface area contributed by atoms with E-state index in [9.17, 15) is 18.8 Å². The summed E-state index contributed by atoms with van der Waals surface area (Å²) in [5, 5.41) is -0.0511. The number of nitrogens with zero attached hydrogens (tertiary/aromatic N) is 2. The van der Waals surface area contributed by atoms with Crippen molar-refractivity contribution >= 4 is 17.4 Å². The van der Waals surface area contributed by atoms with Crippen molar-refractivity contribution in [1.29, 1.82) is 0 Å². The number of carbonyl (C=O) groups excluding carboxylic acids is 1. The van der Waals surface area contributed by atoms with Crippen molar-refractivity contribution in [1.82, 2.24) is 9.13 Å². The molecule has 0 fully saturated rings. The first kappa shape index (κ1) is 15.7. The number of carbonyl (C=O) groups is 1. The van der Waals surface area contributed by atoms with E-state index in [2.05, 4.69) is 0 Å².